The molecule has 2 aromatic carbocycles. The standard InChI is InChI=1S/C14H10O4/c1-7-5-8(15)6-11-12(7)14(17)13-9(16)3-2-4-10(13)18-11/h2-6,15-16H,1H3. The highest BCUT2D eigenvalue weighted by Crippen LogP contribution is 2.28. The normalized spacial score (nSPS) is 11.2. The molecule has 2 N–H and O–H groups in total. The summed E-state index contributed by atoms with van der Waals surface area (Å²) in [5.41, 5.74) is 0.943. The van der Waals surface area contributed by atoms with E-state index < -0.39 is 0 Å². The average Bonchev–Trinajstić information content (AvgIpc) is 2.27. The predicted molar refractivity (Wildman–Crippen MR) is 68.1 cm³/mol. The number of rotatable bonds is 0. The average molecular weight is 242 g/mol. The summed E-state index contributed by atoms with van der Waals surface area (Å²) in [4.78, 5) is 12.3. The molecule has 4 heteroatoms. The first-order chi connectivity index (χ1) is 8.58. The van der Waals surface area contributed by atoms with Crippen LogP contribution in [0.3, 0.4) is 0 Å². The SMILES string of the molecule is Cc1cc(O)cc2oc3cccc(O)c3c(=O)c12. The van der Waals surface area contributed by atoms with Crippen molar-refractivity contribution in [2.75, 3.05) is 0 Å². The largest absolute Gasteiger partial charge is 0.508 e. The molecule has 0 bridgehead atoms. The Labute approximate surface area is 102 Å². The van der Waals surface area contributed by atoms with Gasteiger partial charge >= 0.3 is 0 Å². The van der Waals surface area contributed by atoms with Crippen LogP contribution in [0, 0.1) is 6.92 Å². The quantitative estimate of drug-likeness (QED) is 0.594. The summed E-state index contributed by atoms with van der Waals surface area (Å²) in [5, 5.41) is 19.8. The molecule has 0 amide bonds. The minimum absolute atomic E-state index is 0.0441. The first-order valence-corrected chi connectivity index (χ1v) is 5.46. The summed E-state index contributed by atoms with van der Waals surface area (Å²) in [6.07, 6.45) is 0. The number of phenols is 2. The van der Waals surface area contributed by atoms with Gasteiger partial charge in [0.2, 0.25) is 5.43 Å². The van der Waals surface area contributed by atoms with Crippen LogP contribution in [0.4, 0.5) is 0 Å². The first-order valence-electron chi connectivity index (χ1n) is 5.46. The molecular weight excluding hydrogens is 232 g/mol. The topological polar surface area (TPSA) is 70.7 Å². The zero-order valence-electron chi connectivity index (χ0n) is 9.60. The van der Waals surface area contributed by atoms with Crippen molar-refractivity contribution in [3.63, 3.8) is 0 Å². The molecule has 3 aromatic rings. The molecule has 0 spiro atoms. The highest BCUT2D eigenvalue weighted by Gasteiger charge is 2.13. The van der Waals surface area contributed by atoms with Gasteiger partial charge in [-0.15, -0.1) is 0 Å². The van der Waals surface area contributed by atoms with Gasteiger partial charge < -0.3 is 14.6 Å². The zero-order valence-corrected chi connectivity index (χ0v) is 9.60. The Kier molecular flexibility index (Phi) is 2.07. The summed E-state index contributed by atoms with van der Waals surface area (Å²) in [7, 11) is 0. The van der Waals surface area contributed by atoms with Crippen molar-refractivity contribution >= 4 is 21.9 Å². The lowest BCUT2D eigenvalue weighted by Gasteiger charge is -2.05. The number of hydrogen-bond donors (Lipinski definition) is 2. The minimum atomic E-state index is -0.290. The lowest BCUT2D eigenvalue weighted by atomic mass is 10.1. The smallest absolute Gasteiger partial charge is 0.204 e. The van der Waals surface area contributed by atoms with E-state index in [1.54, 1.807) is 19.1 Å². The molecule has 0 fully saturated rings. The Morgan fingerprint density at radius 2 is 1.83 bits per heavy atom. The van der Waals surface area contributed by atoms with Crippen LogP contribution in [0.15, 0.2) is 39.5 Å². The van der Waals surface area contributed by atoms with E-state index in [4.69, 9.17) is 4.42 Å². The van der Waals surface area contributed by atoms with Crippen LogP contribution >= 0.6 is 0 Å². The number of phenolic OH excluding ortho intramolecular Hbond substituents is 2. The van der Waals surface area contributed by atoms with E-state index in [0.717, 1.165) is 0 Å². The molecule has 0 unspecified atom stereocenters. The third-order valence-electron chi connectivity index (χ3n) is 2.96. The van der Waals surface area contributed by atoms with E-state index in [1.807, 2.05) is 0 Å². The fraction of sp³-hybridized carbons (Fsp3) is 0.0714. The van der Waals surface area contributed by atoms with Crippen LogP contribution < -0.4 is 5.43 Å². The van der Waals surface area contributed by atoms with Gasteiger partial charge in [0.1, 0.15) is 28.1 Å². The van der Waals surface area contributed by atoms with Crippen LogP contribution in [0.25, 0.3) is 21.9 Å². The number of benzene rings is 2. The van der Waals surface area contributed by atoms with Crippen molar-refractivity contribution in [3.05, 3.63) is 46.1 Å². The fourth-order valence-corrected chi connectivity index (χ4v) is 2.18. The van der Waals surface area contributed by atoms with Crippen LogP contribution in [0.1, 0.15) is 5.56 Å². The van der Waals surface area contributed by atoms with E-state index in [9.17, 15) is 15.0 Å². The molecule has 90 valence electrons. The molecule has 0 radical (unpaired) electrons. The molecule has 1 aromatic heterocycles. The van der Waals surface area contributed by atoms with Gasteiger partial charge in [0.05, 0.1) is 5.39 Å². The Morgan fingerprint density at radius 1 is 1.06 bits per heavy atom. The molecule has 0 saturated carbocycles. The zero-order chi connectivity index (χ0) is 12.9. The number of fused-ring (bicyclic) bond motifs is 2. The van der Waals surface area contributed by atoms with Gasteiger partial charge in [0.15, 0.2) is 0 Å². The van der Waals surface area contributed by atoms with Crippen molar-refractivity contribution in [1.82, 2.24) is 0 Å². The highest BCUT2D eigenvalue weighted by atomic mass is 16.3. The van der Waals surface area contributed by atoms with Crippen molar-refractivity contribution in [2.24, 2.45) is 0 Å². The molecule has 0 aliphatic rings. The van der Waals surface area contributed by atoms with Gasteiger partial charge in [-0.2, -0.15) is 0 Å². The van der Waals surface area contributed by atoms with Crippen molar-refractivity contribution in [2.45, 2.75) is 6.92 Å². The van der Waals surface area contributed by atoms with Gasteiger partial charge in [-0.1, -0.05) is 6.07 Å². The fourth-order valence-electron chi connectivity index (χ4n) is 2.18. The highest BCUT2D eigenvalue weighted by molar-refractivity contribution is 5.94. The number of aromatic hydroxyl groups is 2. The van der Waals surface area contributed by atoms with Gasteiger partial charge in [0, 0.05) is 6.07 Å². The number of hydrogen-bond acceptors (Lipinski definition) is 4. The molecule has 0 aliphatic heterocycles. The van der Waals surface area contributed by atoms with Crippen LogP contribution in [-0.4, -0.2) is 10.2 Å². The van der Waals surface area contributed by atoms with E-state index >= 15 is 0 Å². The van der Waals surface area contributed by atoms with Crippen molar-refractivity contribution in [1.29, 1.82) is 0 Å². The Balaban J connectivity index is 2.66. The molecule has 4 nitrogen and oxygen atoms in total. The van der Waals surface area contributed by atoms with Crippen LogP contribution in [0.2, 0.25) is 0 Å². The molecule has 18 heavy (non-hydrogen) atoms. The second-order valence-corrected chi connectivity index (χ2v) is 4.22. The lowest BCUT2D eigenvalue weighted by Crippen LogP contribution is -2.04. The molecule has 3 rings (SSSR count). The third-order valence-corrected chi connectivity index (χ3v) is 2.96. The summed E-state index contributed by atoms with van der Waals surface area (Å²) >= 11 is 0. The van der Waals surface area contributed by atoms with Crippen LogP contribution in [0.5, 0.6) is 11.5 Å². The van der Waals surface area contributed by atoms with E-state index in [0.29, 0.717) is 22.1 Å². The lowest BCUT2D eigenvalue weighted by molar-refractivity contribution is 0.474. The van der Waals surface area contributed by atoms with E-state index in [1.165, 1.54) is 18.2 Å². The Hall–Kier alpha value is -2.49. The van der Waals surface area contributed by atoms with Crippen molar-refractivity contribution < 1.29 is 14.6 Å². The molecule has 0 atom stereocenters. The second kappa shape index (κ2) is 3.50. The third kappa shape index (κ3) is 1.35. The molecule has 1 heterocycles. The maximum Gasteiger partial charge on any atom is 0.204 e. The maximum atomic E-state index is 12.3. The van der Waals surface area contributed by atoms with Gasteiger partial charge in [-0.3, -0.25) is 4.79 Å². The molecule has 0 saturated heterocycles. The van der Waals surface area contributed by atoms with E-state index in [-0.39, 0.29) is 22.3 Å². The monoisotopic (exact) mass is 242 g/mol. The summed E-state index contributed by atoms with van der Waals surface area (Å²) in [6.45, 7) is 1.71. The minimum Gasteiger partial charge on any atom is -0.508 e. The van der Waals surface area contributed by atoms with Crippen LogP contribution in [-0.2, 0) is 0 Å². The van der Waals surface area contributed by atoms with E-state index in [2.05, 4.69) is 0 Å². The number of aryl methyl sites for hydroxylation is 1. The van der Waals surface area contributed by atoms with Gasteiger partial charge in [0.25, 0.3) is 0 Å². The maximum absolute atomic E-state index is 12.3. The van der Waals surface area contributed by atoms with Gasteiger partial charge in [-0.05, 0) is 30.7 Å². The Morgan fingerprint density at radius 3 is 2.61 bits per heavy atom. The first kappa shape index (κ1) is 10.7. The van der Waals surface area contributed by atoms with Crippen molar-refractivity contribution in [3.8, 4) is 11.5 Å². The Bertz CT molecular complexity index is 830. The second-order valence-electron chi connectivity index (χ2n) is 4.22. The summed E-state index contributed by atoms with van der Waals surface area (Å²) in [5.74, 6) is -0.0571. The summed E-state index contributed by atoms with van der Waals surface area (Å²) < 4.78 is 5.55. The molecule has 0 aliphatic carbocycles. The predicted octanol–water partition coefficient (Wildman–Crippen LogP) is 2.67. The summed E-state index contributed by atoms with van der Waals surface area (Å²) in [6, 6.07) is 7.54. The van der Waals surface area contributed by atoms with Gasteiger partial charge in [-0.25, -0.2) is 0 Å². The molecular formula is C14H10O4.